The molecule has 1 amide bonds. The molecule has 0 spiro atoms. The van der Waals surface area contributed by atoms with Crippen molar-refractivity contribution in [2.45, 2.75) is 45.8 Å². The van der Waals surface area contributed by atoms with Crippen LogP contribution in [0.4, 0.5) is 0 Å². The first-order chi connectivity index (χ1) is 9.88. The lowest BCUT2D eigenvalue weighted by atomic mass is 10.1. The van der Waals surface area contributed by atoms with Gasteiger partial charge >= 0.3 is 5.97 Å². The van der Waals surface area contributed by atoms with Gasteiger partial charge in [0.15, 0.2) is 6.10 Å². The molecule has 0 fully saturated rings. The molecule has 1 aromatic rings. The Morgan fingerprint density at radius 3 is 2.43 bits per heavy atom. The summed E-state index contributed by atoms with van der Waals surface area (Å²) in [4.78, 5) is 22.8. The van der Waals surface area contributed by atoms with E-state index in [0.717, 1.165) is 12.8 Å². The van der Waals surface area contributed by atoms with Crippen molar-refractivity contribution >= 4 is 23.5 Å². The number of carboxylic acid groups (broad SMARTS) is 1. The van der Waals surface area contributed by atoms with Crippen LogP contribution < -0.4 is 10.1 Å². The first kappa shape index (κ1) is 17.3. The molecule has 0 aromatic heterocycles. The van der Waals surface area contributed by atoms with Crippen molar-refractivity contribution in [1.29, 1.82) is 0 Å². The SMILES string of the molecule is CCC(CC)NC(=O)C(C)Oc1ccc(C(=O)O)cc1Cl. The lowest BCUT2D eigenvalue weighted by Gasteiger charge is -2.20. The topological polar surface area (TPSA) is 75.6 Å². The number of hydrogen-bond donors (Lipinski definition) is 2. The van der Waals surface area contributed by atoms with Crippen LogP contribution in [0.1, 0.15) is 44.0 Å². The molecule has 21 heavy (non-hydrogen) atoms. The van der Waals surface area contributed by atoms with E-state index in [0.29, 0.717) is 0 Å². The number of amides is 1. The molecule has 116 valence electrons. The molecule has 1 unspecified atom stereocenters. The Morgan fingerprint density at radius 1 is 1.33 bits per heavy atom. The van der Waals surface area contributed by atoms with Crippen LogP contribution in [0.2, 0.25) is 5.02 Å². The number of carboxylic acids is 1. The van der Waals surface area contributed by atoms with Gasteiger partial charge in [0.2, 0.25) is 0 Å². The van der Waals surface area contributed by atoms with Crippen molar-refractivity contribution in [3.8, 4) is 5.75 Å². The van der Waals surface area contributed by atoms with Gasteiger partial charge in [-0.05, 0) is 38.0 Å². The van der Waals surface area contributed by atoms with Gasteiger partial charge in [-0.25, -0.2) is 4.79 Å². The molecule has 0 bridgehead atoms. The summed E-state index contributed by atoms with van der Waals surface area (Å²) in [6.45, 7) is 5.63. The van der Waals surface area contributed by atoms with Crippen molar-refractivity contribution in [2.75, 3.05) is 0 Å². The fourth-order valence-corrected chi connectivity index (χ4v) is 2.01. The van der Waals surface area contributed by atoms with E-state index in [1.54, 1.807) is 6.92 Å². The van der Waals surface area contributed by atoms with E-state index in [1.165, 1.54) is 18.2 Å². The number of nitrogens with one attached hydrogen (secondary N) is 1. The number of halogens is 1. The Morgan fingerprint density at radius 2 is 1.95 bits per heavy atom. The van der Waals surface area contributed by atoms with Gasteiger partial charge < -0.3 is 15.2 Å². The third kappa shape index (κ3) is 4.93. The molecule has 0 heterocycles. The van der Waals surface area contributed by atoms with Gasteiger partial charge in [-0.1, -0.05) is 25.4 Å². The Balaban J connectivity index is 2.72. The number of aromatic carboxylic acids is 1. The monoisotopic (exact) mass is 313 g/mol. The van der Waals surface area contributed by atoms with Crippen molar-refractivity contribution in [3.05, 3.63) is 28.8 Å². The van der Waals surface area contributed by atoms with Crippen LogP contribution in [0, 0.1) is 0 Å². The number of rotatable bonds is 7. The maximum Gasteiger partial charge on any atom is 0.335 e. The highest BCUT2D eigenvalue weighted by Gasteiger charge is 2.19. The van der Waals surface area contributed by atoms with E-state index >= 15 is 0 Å². The van der Waals surface area contributed by atoms with Crippen LogP contribution in [0.25, 0.3) is 0 Å². The zero-order chi connectivity index (χ0) is 16.0. The molecule has 0 radical (unpaired) electrons. The largest absolute Gasteiger partial charge is 0.479 e. The van der Waals surface area contributed by atoms with Crippen LogP contribution >= 0.6 is 11.6 Å². The van der Waals surface area contributed by atoms with Crippen LogP contribution in [0.15, 0.2) is 18.2 Å². The maximum atomic E-state index is 12.0. The zero-order valence-corrected chi connectivity index (χ0v) is 13.1. The van der Waals surface area contributed by atoms with E-state index in [9.17, 15) is 9.59 Å². The van der Waals surface area contributed by atoms with Crippen molar-refractivity contribution in [1.82, 2.24) is 5.32 Å². The van der Waals surface area contributed by atoms with Gasteiger partial charge in [-0.2, -0.15) is 0 Å². The van der Waals surface area contributed by atoms with E-state index < -0.39 is 12.1 Å². The summed E-state index contributed by atoms with van der Waals surface area (Å²) in [6, 6.07) is 4.25. The second-order valence-corrected chi connectivity index (χ2v) is 5.14. The van der Waals surface area contributed by atoms with Crippen LogP contribution in [0.3, 0.4) is 0 Å². The quantitative estimate of drug-likeness (QED) is 0.811. The molecule has 0 aliphatic carbocycles. The highest BCUT2D eigenvalue weighted by Crippen LogP contribution is 2.26. The first-order valence-corrected chi connectivity index (χ1v) is 7.26. The Labute approximate surface area is 129 Å². The van der Waals surface area contributed by atoms with Gasteiger partial charge in [-0.15, -0.1) is 0 Å². The van der Waals surface area contributed by atoms with E-state index in [4.69, 9.17) is 21.4 Å². The molecule has 0 saturated heterocycles. The molecule has 0 saturated carbocycles. The summed E-state index contributed by atoms with van der Waals surface area (Å²) in [5.74, 6) is -1.00. The number of carbonyl (C=O) groups is 2. The van der Waals surface area contributed by atoms with E-state index in [-0.39, 0.29) is 28.3 Å². The maximum absolute atomic E-state index is 12.0. The molecule has 1 aromatic carbocycles. The minimum absolute atomic E-state index is 0.0708. The summed E-state index contributed by atoms with van der Waals surface area (Å²) >= 11 is 5.96. The molecule has 6 heteroatoms. The predicted molar refractivity (Wildman–Crippen MR) is 81.0 cm³/mol. The molecule has 2 N–H and O–H groups in total. The number of carbonyl (C=O) groups excluding carboxylic acids is 1. The van der Waals surface area contributed by atoms with Gasteiger partial charge in [0.1, 0.15) is 5.75 Å². The summed E-state index contributed by atoms with van der Waals surface area (Å²) in [7, 11) is 0. The number of benzene rings is 1. The average Bonchev–Trinajstić information content (AvgIpc) is 2.46. The summed E-state index contributed by atoms with van der Waals surface area (Å²) in [6.07, 6.45) is 0.991. The average molecular weight is 314 g/mol. The van der Waals surface area contributed by atoms with Crippen molar-refractivity contribution < 1.29 is 19.4 Å². The molecule has 0 aliphatic heterocycles. The number of ether oxygens (including phenoxy) is 1. The van der Waals surface area contributed by atoms with E-state index in [2.05, 4.69) is 5.32 Å². The summed E-state index contributed by atoms with van der Waals surface area (Å²) < 4.78 is 5.49. The Bertz CT molecular complexity index is 514. The van der Waals surface area contributed by atoms with Gasteiger partial charge in [0, 0.05) is 6.04 Å². The molecular weight excluding hydrogens is 294 g/mol. The fourth-order valence-electron chi connectivity index (χ4n) is 1.78. The predicted octanol–water partition coefficient (Wildman–Crippen LogP) is 3.11. The fraction of sp³-hybridized carbons (Fsp3) is 0.467. The van der Waals surface area contributed by atoms with Crippen LogP contribution in [0.5, 0.6) is 5.75 Å². The Hall–Kier alpha value is -1.75. The highest BCUT2D eigenvalue weighted by molar-refractivity contribution is 6.32. The van der Waals surface area contributed by atoms with Crippen molar-refractivity contribution in [3.63, 3.8) is 0 Å². The molecule has 0 aliphatic rings. The third-order valence-electron chi connectivity index (χ3n) is 3.18. The lowest BCUT2D eigenvalue weighted by molar-refractivity contribution is -0.128. The normalized spacial score (nSPS) is 12.0. The minimum atomic E-state index is -1.07. The van der Waals surface area contributed by atoms with Gasteiger partial charge in [-0.3, -0.25) is 4.79 Å². The molecule has 5 nitrogen and oxygen atoms in total. The minimum Gasteiger partial charge on any atom is -0.479 e. The highest BCUT2D eigenvalue weighted by atomic mass is 35.5. The summed E-state index contributed by atoms with van der Waals surface area (Å²) in [5, 5.41) is 11.9. The standard InChI is InChI=1S/C15H20ClNO4/c1-4-11(5-2)17-14(18)9(3)21-13-7-6-10(15(19)20)8-12(13)16/h6-9,11H,4-5H2,1-3H3,(H,17,18)(H,19,20). The third-order valence-corrected chi connectivity index (χ3v) is 3.48. The van der Waals surface area contributed by atoms with Crippen molar-refractivity contribution in [2.24, 2.45) is 0 Å². The molecule has 1 rings (SSSR count). The zero-order valence-electron chi connectivity index (χ0n) is 12.4. The molecule has 1 atom stereocenters. The lowest BCUT2D eigenvalue weighted by Crippen LogP contribution is -2.42. The van der Waals surface area contributed by atoms with E-state index in [1.807, 2.05) is 13.8 Å². The second-order valence-electron chi connectivity index (χ2n) is 4.73. The van der Waals surface area contributed by atoms with Crippen LogP contribution in [-0.4, -0.2) is 29.1 Å². The second kappa shape index (κ2) is 7.88. The molecular formula is C15H20ClNO4. The first-order valence-electron chi connectivity index (χ1n) is 6.88. The Kier molecular flexibility index (Phi) is 6.49. The number of hydrogen-bond acceptors (Lipinski definition) is 3. The van der Waals surface area contributed by atoms with Gasteiger partial charge in [0.05, 0.1) is 10.6 Å². The van der Waals surface area contributed by atoms with Gasteiger partial charge in [0.25, 0.3) is 5.91 Å². The van der Waals surface area contributed by atoms with Crippen LogP contribution in [-0.2, 0) is 4.79 Å². The summed E-state index contributed by atoms with van der Waals surface area (Å²) in [5.41, 5.74) is 0.0708. The smallest absolute Gasteiger partial charge is 0.335 e.